The molecule has 7 heteroatoms. The first-order valence-corrected chi connectivity index (χ1v) is 10.8. The lowest BCUT2D eigenvalue weighted by atomic mass is 10.1. The summed E-state index contributed by atoms with van der Waals surface area (Å²) in [6.07, 6.45) is 5.30. The summed E-state index contributed by atoms with van der Waals surface area (Å²) < 4.78 is 10.5. The van der Waals surface area contributed by atoms with Crippen LogP contribution >= 0.6 is 0 Å². The number of rotatable bonds is 7. The first kappa shape index (κ1) is 21.6. The molecule has 3 rings (SSSR count). The van der Waals surface area contributed by atoms with E-state index in [-0.39, 0.29) is 5.75 Å². The maximum absolute atomic E-state index is 10.1. The molecule has 0 bridgehead atoms. The van der Waals surface area contributed by atoms with Crippen LogP contribution in [0.1, 0.15) is 38.2 Å². The van der Waals surface area contributed by atoms with E-state index in [1.54, 1.807) is 14.2 Å². The highest BCUT2D eigenvalue weighted by Crippen LogP contribution is 2.37. The van der Waals surface area contributed by atoms with Gasteiger partial charge < -0.3 is 29.7 Å². The SMILES string of the molecule is CCNC(=NCc1cc(OC)c(O)c(OC)c1)N1CCC(CN2CCCCC2)C1. The van der Waals surface area contributed by atoms with Crippen molar-refractivity contribution in [2.75, 3.05) is 53.5 Å². The van der Waals surface area contributed by atoms with Crippen LogP contribution < -0.4 is 14.8 Å². The number of methoxy groups -OCH3 is 2. The lowest BCUT2D eigenvalue weighted by Gasteiger charge is -2.29. The maximum Gasteiger partial charge on any atom is 0.200 e. The number of nitrogens with one attached hydrogen (secondary N) is 1. The summed E-state index contributed by atoms with van der Waals surface area (Å²) >= 11 is 0. The molecule has 1 atom stereocenters. The van der Waals surface area contributed by atoms with Gasteiger partial charge in [-0.2, -0.15) is 0 Å². The van der Waals surface area contributed by atoms with Gasteiger partial charge in [-0.3, -0.25) is 0 Å². The number of hydrogen-bond donors (Lipinski definition) is 2. The summed E-state index contributed by atoms with van der Waals surface area (Å²) in [6, 6.07) is 3.63. The van der Waals surface area contributed by atoms with Gasteiger partial charge in [-0.15, -0.1) is 0 Å². The third kappa shape index (κ3) is 5.69. The van der Waals surface area contributed by atoms with Gasteiger partial charge in [-0.25, -0.2) is 4.99 Å². The molecule has 0 aromatic heterocycles. The molecule has 29 heavy (non-hydrogen) atoms. The number of piperidine rings is 1. The van der Waals surface area contributed by atoms with Crippen molar-refractivity contribution in [2.45, 2.75) is 39.2 Å². The number of ether oxygens (including phenoxy) is 2. The number of aliphatic imine (C=N–C) groups is 1. The first-order chi connectivity index (χ1) is 14.1. The van der Waals surface area contributed by atoms with Gasteiger partial charge in [0.05, 0.1) is 20.8 Å². The Morgan fingerprint density at radius 3 is 2.45 bits per heavy atom. The Morgan fingerprint density at radius 1 is 1.14 bits per heavy atom. The number of hydrogen-bond acceptors (Lipinski definition) is 5. The number of phenols is 1. The molecule has 1 unspecified atom stereocenters. The molecule has 0 radical (unpaired) electrons. The fourth-order valence-corrected chi connectivity index (χ4v) is 4.31. The zero-order valence-corrected chi connectivity index (χ0v) is 18.1. The molecule has 2 aliphatic heterocycles. The lowest BCUT2D eigenvalue weighted by molar-refractivity contribution is 0.198. The number of guanidine groups is 1. The lowest BCUT2D eigenvalue weighted by Crippen LogP contribution is -2.41. The first-order valence-electron chi connectivity index (χ1n) is 10.8. The largest absolute Gasteiger partial charge is 0.502 e. The minimum Gasteiger partial charge on any atom is -0.502 e. The predicted octanol–water partition coefficient (Wildman–Crippen LogP) is 2.68. The van der Waals surface area contributed by atoms with Crippen LogP contribution in [0.4, 0.5) is 0 Å². The molecule has 2 saturated heterocycles. The maximum atomic E-state index is 10.1. The molecule has 0 amide bonds. The van der Waals surface area contributed by atoms with Crippen molar-refractivity contribution in [3.8, 4) is 17.2 Å². The summed E-state index contributed by atoms with van der Waals surface area (Å²) in [5.41, 5.74) is 0.941. The van der Waals surface area contributed by atoms with Crippen molar-refractivity contribution in [1.82, 2.24) is 15.1 Å². The number of benzene rings is 1. The third-order valence-electron chi connectivity index (χ3n) is 5.84. The van der Waals surface area contributed by atoms with Crippen molar-refractivity contribution < 1.29 is 14.6 Å². The molecule has 1 aromatic carbocycles. The van der Waals surface area contributed by atoms with Crippen molar-refractivity contribution in [3.63, 3.8) is 0 Å². The van der Waals surface area contributed by atoms with Gasteiger partial charge in [0.1, 0.15) is 0 Å². The van der Waals surface area contributed by atoms with Gasteiger partial charge in [-0.05, 0) is 62.9 Å². The molecule has 0 saturated carbocycles. The number of aromatic hydroxyl groups is 1. The highest BCUT2D eigenvalue weighted by molar-refractivity contribution is 5.80. The van der Waals surface area contributed by atoms with Gasteiger partial charge in [0, 0.05) is 26.2 Å². The second-order valence-electron chi connectivity index (χ2n) is 7.98. The highest BCUT2D eigenvalue weighted by Gasteiger charge is 2.27. The summed E-state index contributed by atoms with van der Waals surface area (Å²) in [5.74, 6) is 2.50. The summed E-state index contributed by atoms with van der Waals surface area (Å²) in [6.45, 7) is 9.28. The Hall–Kier alpha value is -2.15. The molecular weight excluding hydrogens is 368 g/mol. The van der Waals surface area contributed by atoms with Gasteiger partial charge >= 0.3 is 0 Å². The highest BCUT2D eigenvalue weighted by atomic mass is 16.5. The zero-order chi connectivity index (χ0) is 20.6. The Bertz CT molecular complexity index is 664. The van der Waals surface area contributed by atoms with E-state index in [4.69, 9.17) is 14.5 Å². The summed E-state index contributed by atoms with van der Waals surface area (Å²) in [4.78, 5) is 9.87. The van der Waals surface area contributed by atoms with Gasteiger partial charge in [0.25, 0.3) is 0 Å². The average Bonchev–Trinajstić information content (AvgIpc) is 3.20. The minimum atomic E-state index is 0.0229. The van der Waals surface area contributed by atoms with Crippen LogP contribution in [0.3, 0.4) is 0 Å². The number of phenolic OH excluding ortho intramolecular Hbond substituents is 1. The van der Waals surface area contributed by atoms with E-state index in [1.165, 1.54) is 45.3 Å². The molecular formula is C22H36N4O3. The van der Waals surface area contributed by atoms with Crippen LogP contribution in [0.2, 0.25) is 0 Å². The fourth-order valence-electron chi connectivity index (χ4n) is 4.31. The number of likely N-dealkylation sites (tertiary alicyclic amines) is 2. The van der Waals surface area contributed by atoms with E-state index in [0.29, 0.717) is 24.0 Å². The van der Waals surface area contributed by atoms with Gasteiger partial charge in [-0.1, -0.05) is 6.42 Å². The smallest absolute Gasteiger partial charge is 0.200 e. The van der Waals surface area contributed by atoms with E-state index < -0.39 is 0 Å². The van der Waals surface area contributed by atoms with Gasteiger partial charge in [0.2, 0.25) is 5.75 Å². The summed E-state index contributed by atoms with van der Waals surface area (Å²) in [5, 5.41) is 13.5. The minimum absolute atomic E-state index is 0.0229. The van der Waals surface area contributed by atoms with Crippen molar-refractivity contribution >= 4 is 5.96 Å². The quantitative estimate of drug-likeness (QED) is 0.538. The monoisotopic (exact) mass is 404 g/mol. The average molecular weight is 405 g/mol. The Labute approximate surface area is 174 Å². The molecule has 0 aliphatic carbocycles. The molecule has 2 fully saturated rings. The van der Waals surface area contributed by atoms with Crippen molar-refractivity contribution in [3.05, 3.63) is 17.7 Å². The van der Waals surface area contributed by atoms with Crippen molar-refractivity contribution in [2.24, 2.45) is 10.9 Å². The van der Waals surface area contributed by atoms with Gasteiger partial charge in [0.15, 0.2) is 17.5 Å². The fraction of sp³-hybridized carbons (Fsp3) is 0.682. The van der Waals surface area contributed by atoms with E-state index in [2.05, 4.69) is 22.0 Å². The van der Waals surface area contributed by atoms with Crippen LogP contribution in [0.15, 0.2) is 17.1 Å². The standard InChI is InChI=1S/C22H36N4O3/c1-4-23-22(24-14-18-12-19(28-2)21(27)20(13-18)29-3)26-11-8-17(16-26)15-25-9-6-5-7-10-25/h12-13,17,27H,4-11,14-16H2,1-3H3,(H,23,24). The molecule has 1 aromatic rings. The normalized spacial score (nSPS) is 20.7. The van der Waals surface area contributed by atoms with Crippen molar-refractivity contribution in [1.29, 1.82) is 0 Å². The van der Waals surface area contributed by atoms with E-state index in [9.17, 15) is 5.11 Å². The van der Waals surface area contributed by atoms with E-state index in [1.807, 2.05) is 12.1 Å². The topological polar surface area (TPSA) is 69.6 Å². The molecule has 2 heterocycles. The number of nitrogens with zero attached hydrogens (tertiary/aromatic N) is 3. The summed E-state index contributed by atoms with van der Waals surface area (Å²) in [7, 11) is 3.08. The Balaban J connectivity index is 1.64. The van der Waals surface area contributed by atoms with Crippen LogP contribution in [0, 0.1) is 5.92 Å². The van der Waals surface area contributed by atoms with Crippen LogP contribution in [0.25, 0.3) is 0 Å². The van der Waals surface area contributed by atoms with Crippen LogP contribution in [0.5, 0.6) is 17.2 Å². The van der Waals surface area contributed by atoms with Crippen LogP contribution in [-0.2, 0) is 6.54 Å². The zero-order valence-electron chi connectivity index (χ0n) is 18.1. The second kappa shape index (κ2) is 10.6. The molecule has 162 valence electrons. The van der Waals surface area contributed by atoms with Crippen LogP contribution in [-0.4, -0.2) is 74.4 Å². The molecule has 0 spiro atoms. The van der Waals surface area contributed by atoms with E-state index >= 15 is 0 Å². The molecule has 2 aliphatic rings. The Kier molecular flexibility index (Phi) is 7.86. The molecule has 7 nitrogen and oxygen atoms in total. The van der Waals surface area contributed by atoms with E-state index in [0.717, 1.165) is 31.2 Å². The third-order valence-corrected chi connectivity index (χ3v) is 5.84. The molecule has 2 N–H and O–H groups in total. The Morgan fingerprint density at radius 2 is 1.83 bits per heavy atom. The predicted molar refractivity (Wildman–Crippen MR) is 116 cm³/mol. The second-order valence-corrected chi connectivity index (χ2v) is 7.98.